The van der Waals surface area contributed by atoms with Crippen LogP contribution in [0.15, 0.2) is 12.1 Å². The average Bonchev–Trinajstić information content (AvgIpc) is 2.24. The molecule has 0 bridgehead atoms. The van der Waals surface area contributed by atoms with E-state index in [0.717, 1.165) is 11.1 Å². The Hall–Kier alpha value is -0.510. The van der Waals surface area contributed by atoms with Crippen molar-refractivity contribution in [1.82, 2.24) is 0 Å². The minimum Gasteiger partial charge on any atom is -0.550 e. The first-order valence-corrected chi connectivity index (χ1v) is 6.94. The first kappa shape index (κ1) is 20.5. The molecule has 1 N–H and O–H groups in total. The molecular formula is C17H25NaO3. The number of aliphatic carboxylic acids is 1. The maximum Gasteiger partial charge on any atom is 1.00 e. The molecule has 21 heavy (non-hydrogen) atoms. The van der Waals surface area contributed by atoms with E-state index in [1.165, 1.54) is 0 Å². The first-order valence-electron chi connectivity index (χ1n) is 6.94. The van der Waals surface area contributed by atoms with Gasteiger partial charge in [-0.25, -0.2) is 0 Å². The number of carbonyl (C=O) groups excluding carboxylic acids is 1. The molecular weight excluding hydrogens is 275 g/mol. The monoisotopic (exact) mass is 300 g/mol. The first-order chi connectivity index (χ1) is 8.85. The fourth-order valence-corrected chi connectivity index (χ4v) is 2.19. The summed E-state index contributed by atoms with van der Waals surface area (Å²) in [6.45, 7) is 13.6. The SMILES string of the molecule is CC(C(=O)[O-])c1cc(C(C)(C)C)c(O)c(C(C)(C)C)c1.[Na+]. The van der Waals surface area contributed by atoms with E-state index in [1.54, 1.807) is 19.1 Å². The van der Waals surface area contributed by atoms with Crippen molar-refractivity contribution in [3.05, 3.63) is 28.8 Å². The molecule has 1 atom stereocenters. The molecule has 1 unspecified atom stereocenters. The van der Waals surface area contributed by atoms with E-state index in [-0.39, 0.29) is 46.1 Å². The van der Waals surface area contributed by atoms with Crippen LogP contribution in [0.1, 0.15) is 71.1 Å². The maximum absolute atomic E-state index is 11.1. The molecule has 0 spiro atoms. The summed E-state index contributed by atoms with van der Waals surface area (Å²) in [7, 11) is 0. The molecule has 0 aliphatic rings. The summed E-state index contributed by atoms with van der Waals surface area (Å²) in [6.07, 6.45) is 0. The van der Waals surface area contributed by atoms with Crippen LogP contribution in [-0.2, 0) is 15.6 Å². The standard InChI is InChI=1S/C17H26O3.Na/c1-10(15(19)20)11-8-12(16(2,3)4)14(18)13(9-11)17(5,6)7;/h8-10,18H,1-7H3,(H,19,20);/q;+1/p-1. The van der Waals surface area contributed by atoms with Crippen LogP contribution in [0.2, 0.25) is 0 Å². The summed E-state index contributed by atoms with van der Waals surface area (Å²) < 4.78 is 0. The summed E-state index contributed by atoms with van der Waals surface area (Å²) in [6, 6.07) is 3.57. The second-order valence-electron chi connectivity index (χ2n) is 7.51. The average molecular weight is 300 g/mol. The van der Waals surface area contributed by atoms with Crippen LogP contribution < -0.4 is 34.7 Å². The van der Waals surface area contributed by atoms with E-state index >= 15 is 0 Å². The molecule has 112 valence electrons. The quantitative estimate of drug-likeness (QED) is 0.773. The summed E-state index contributed by atoms with van der Waals surface area (Å²) in [5.74, 6) is -1.53. The van der Waals surface area contributed by atoms with Crippen molar-refractivity contribution in [3.63, 3.8) is 0 Å². The van der Waals surface area contributed by atoms with Crippen LogP contribution in [0, 0.1) is 0 Å². The second kappa shape index (κ2) is 6.72. The van der Waals surface area contributed by atoms with Crippen molar-refractivity contribution in [3.8, 4) is 5.75 Å². The van der Waals surface area contributed by atoms with Crippen molar-refractivity contribution in [2.45, 2.75) is 65.2 Å². The van der Waals surface area contributed by atoms with E-state index < -0.39 is 11.9 Å². The zero-order chi connectivity index (χ0) is 15.9. The van der Waals surface area contributed by atoms with Gasteiger partial charge in [-0.05, 0) is 27.5 Å². The van der Waals surface area contributed by atoms with Gasteiger partial charge in [-0.1, -0.05) is 60.6 Å². The van der Waals surface area contributed by atoms with Gasteiger partial charge in [0.15, 0.2) is 0 Å². The molecule has 1 rings (SSSR count). The number of hydrogen-bond donors (Lipinski definition) is 1. The Morgan fingerprint density at radius 2 is 1.38 bits per heavy atom. The zero-order valence-corrected chi connectivity index (χ0v) is 16.5. The van der Waals surface area contributed by atoms with Gasteiger partial charge in [-0.15, -0.1) is 0 Å². The van der Waals surface area contributed by atoms with Crippen LogP contribution in [0.25, 0.3) is 0 Å². The Balaban J connectivity index is 0.00000400. The Morgan fingerprint density at radius 1 is 1.05 bits per heavy atom. The molecule has 3 nitrogen and oxygen atoms in total. The smallest absolute Gasteiger partial charge is 0.550 e. The third kappa shape index (κ3) is 4.73. The number of carboxylic acid groups (broad SMARTS) is 1. The Labute approximate surface area is 150 Å². The third-order valence-electron chi connectivity index (χ3n) is 3.60. The summed E-state index contributed by atoms with van der Waals surface area (Å²) in [5, 5.41) is 21.7. The van der Waals surface area contributed by atoms with Gasteiger partial charge in [0.05, 0.1) is 0 Å². The second-order valence-corrected chi connectivity index (χ2v) is 7.51. The van der Waals surface area contributed by atoms with E-state index in [1.807, 2.05) is 41.5 Å². The van der Waals surface area contributed by atoms with Crippen LogP contribution in [0.4, 0.5) is 0 Å². The predicted octanol–water partition coefficient (Wildman–Crippen LogP) is -0.155. The summed E-state index contributed by atoms with van der Waals surface area (Å²) in [4.78, 5) is 11.1. The van der Waals surface area contributed by atoms with Crippen molar-refractivity contribution >= 4 is 5.97 Å². The third-order valence-corrected chi connectivity index (χ3v) is 3.60. The number of carboxylic acids is 1. The van der Waals surface area contributed by atoms with Crippen LogP contribution in [-0.4, -0.2) is 11.1 Å². The van der Waals surface area contributed by atoms with Crippen molar-refractivity contribution in [2.75, 3.05) is 0 Å². The van der Waals surface area contributed by atoms with E-state index in [9.17, 15) is 15.0 Å². The van der Waals surface area contributed by atoms with Crippen molar-refractivity contribution in [1.29, 1.82) is 0 Å². The Morgan fingerprint density at radius 3 is 1.62 bits per heavy atom. The molecule has 1 aromatic carbocycles. The number of phenols is 1. The van der Waals surface area contributed by atoms with Crippen molar-refractivity contribution in [2.24, 2.45) is 0 Å². The molecule has 0 saturated heterocycles. The Bertz CT molecular complexity index is 487. The van der Waals surface area contributed by atoms with Crippen molar-refractivity contribution < 1.29 is 44.6 Å². The van der Waals surface area contributed by atoms with Gasteiger partial charge < -0.3 is 15.0 Å². The number of aromatic hydroxyl groups is 1. The number of rotatable bonds is 2. The molecule has 0 radical (unpaired) electrons. The molecule has 0 aliphatic carbocycles. The fraction of sp³-hybridized carbons (Fsp3) is 0.588. The minimum atomic E-state index is -1.10. The van der Waals surface area contributed by atoms with Gasteiger partial charge in [0.1, 0.15) is 5.75 Å². The molecule has 0 aliphatic heterocycles. The Kier molecular flexibility index (Phi) is 6.56. The number of phenolic OH excluding ortho intramolecular Hbond substituents is 1. The molecule has 0 amide bonds. The van der Waals surface area contributed by atoms with Crippen LogP contribution >= 0.6 is 0 Å². The molecule has 0 fully saturated rings. The van der Waals surface area contributed by atoms with Gasteiger partial charge in [0.2, 0.25) is 0 Å². The van der Waals surface area contributed by atoms with Gasteiger partial charge in [0.25, 0.3) is 0 Å². The number of benzene rings is 1. The fourth-order valence-electron chi connectivity index (χ4n) is 2.19. The molecule has 0 aromatic heterocycles. The van der Waals surface area contributed by atoms with E-state index in [0.29, 0.717) is 5.56 Å². The summed E-state index contributed by atoms with van der Waals surface area (Å²) >= 11 is 0. The minimum absolute atomic E-state index is 0. The van der Waals surface area contributed by atoms with E-state index in [2.05, 4.69) is 0 Å². The zero-order valence-electron chi connectivity index (χ0n) is 14.5. The summed E-state index contributed by atoms with van der Waals surface area (Å²) in [5.41, 5.74) is 1.70. The maximum atomic E-state index is 11.1. The molecule has 1 aromatic rings. The van der Waals surface area contributed by atoms with Gasteiger partial charge in [0, 0.05) is 11.9 Å². The van der Waals surface area contributed by atoms with Crippen LogP contribution in [0.5, 0.6) is 5.75 Å². The van der Waals surface area contributed by atoms with Gasteiger partial charge in [-0.2, -0.15) is 0 Å². The molecule has 4 heteroatoms. The normalized spacial score (nSPS) is 13.5. The largest absolute Gasteiger partial charge is 1.00 e. The number of carbonyl (C=O) groups is 1. The van der Waals surface area contributed by atoms with Gasteiger partial charge in [-0.3, -0.25) is 0 Å². The predicted molar refractivity (Wildman–Crippen MR) is 78.9 cm³/mol. The van der Waals surface area contributed by atoms with Gasteiger partial charge >= 0.3 is 29.6 Å². The van der Waals surface area contributed by atoms with E-state index in [4.69, 9.17) is 0 Å². The molecule has 0 saturated carbocycles. The topological polar surface area (TPSA) is 60.4 Å². The van der Waals surface area contributed by atoms with Crippen LogP contribution in [0.3, 0.4) is 0 Å². The molecule has 0 heterocycles. The number of hydrogen-bond acceptors (Lipinski definition) is 3.